The van der Waals surface area contributed by atoms with Gasteiger partial charge < -0.3 is 4.98 Å². The molecule has 0 unspecified atom stereocenters. The van der Waals surface area contributed by atoms with E-state index in [0.29, 0.717) is 54.3 Å². The monoisotopic (exact) mass is 497 g/mol. The Kier molecular flexibility index (Phi) is 5.86. The van der Waals surface area contributed by atoms with Gasteiger partial charge in [0.25, 0.3) is 5.56 Å². The minimum atomic E-state index is -3.66. The van der Waals surface area contributed by atoms with E-state index in [1.165, 1.54) is 27.8 Å². The molecule has 0 atom stereocenters. The molecule has 0 saturated carbocycles. The number of aromatic nitrogens is 2. The largest absolute Gasteiger partial charge is 0.309 e. The van der Waals surface area contributed by atoms with Gasteiger partial charge in [0.15, 0.2) is 0 Å². The zero-order valence-corrected chi connectivity index (χ0v) is 19.8. The molecule has 168 valence electrons. The molecule has 0 aliphatic carbocycles. The Balaban J connectivity index is 1.29. The Morgan fingerprint density at radius 1 is 1.12 bits per heavy atom. The van der Waals surface area contributed by atoms with Gasteiger partial charge in [0, 0.05) is 42.0 Å². The van der Waals surface area contributed by atoms with Gasteiger partial charge in [0.05, 0.1) is 28.5 Å². The highest BCUT2D eigenvalue weighted by Gasteiger charge is 2.29. The molecule has 1 aliphatic heterocycles. The van der Waals surface area contributed by atoms with Crippen LogP contribution in [0.4, 0.5) is 0 Å². The topological polar surface area (TPSA) is 110 Å². The van der Waals surface area contributed by atoms with Gasteiger partial charge in [0.2, 0.25) is 10.0 Å². The highest BCUT2D eigenvalue weighted by Crippen LogP contribution is 2.33. The number of piperazine rings is 1. The molecule has 0 bridgehead atoms. The van der Waals surface area contributed by atoms with Crippen molar-refractivity contribution in [2.75, 3.05) is 26.2 Å². The maximum absolute atomic E-state index is 13.0. The molecular weight excluding hydrogens is 478 g/mol. The van der Waals surface area contributed by atoms with Crippen molar-refractivity contribution in [3.8, 4) is 16.5 Å². The molecule has 33 heavy (non-hydrogen) atoms. The van der Waals surface area contributed by atoms with Crippen LogP contribution >= 0.6 is 22.7 Å². The van der Waals surface area contributed by atoms with E-state index in [9.17, 15) is 13.2 Å². The second-order valence-corrected chi connectivity index (χ2v) is 11.4. The highest BCUT2D eigenvalue weighted by molar-refractivity contribution is 7.89. The summed E-state index contributed by atoms with van der Waals surface area (Å²) in [5, 5.41) is 13.6. The minimum absolute atomic E-state index is 0.130. The van der Waals surface area contributed by atoms with Gasteiger partial charge in [-0.05, 0) is 29.6 Å². The summed E-state index contributed by atoms with van der Waals surface area (Å²) in [6.07, 6.45) is 0. The number of nitriles is 1. The first kappa shape index (κ1) is 21.9. The molecule has 1 saturated heterocycles. The van der Waals surface area contributed by atoms with Gasteiger partial charge in [-0.3, -0.25) is 9.69 Å². The summed E-state index contributed by atoms with van der Waals surface area (Å²) in [6, 6.07) is 12.0. The van der Waals surface area contributed by atoms with Crippen molar-refractivity contribution in [1.82, 2.24) is 19.2 Å². The van der Waals surface area contributed by atoms with Crippen molar-refractivity contribution in [3.05, 3.63) is 68.9 Å². The van der Waals surface area contributed by atoms with Crippen LogP contribution < -0.4 is 5.56 Å². The molecule has 0 amide bonds. The Labute approximate surface area is 198 Å². The SMILES string of the molecule is N#Cc1cccc(S(=O)(=O)N2CCN(Cc3nc4scc(-c5cccs5)c4c(=O)[nH]3)CC2)c1. The number of fused-ring (bicyclic) bond motifs is 1. The van der Waals surface area contributed by atoms with Gasteiger partial charge >= 0.3 is 0 Å². The van der Waals surface area contributed by atoms with E-state index in [1.54, 1.807) is 23.5 Å². The summed E-state index contributed by atoms with van der Waals surface area (Å²) < 4.78 is 27.3. The molecule has 1 aliphatic rings. The number of hydrogen-bond acceptors (Lipinski definition) is 8. The summed E-state index contributed by atoms with van der Waals surface area (Å²) in [4.78, 5) is 24.3. The number of H-pyrrole nitrogens is 1. The average Bonchev–Trinajstić information content (AvgIpc) is 3.49. The number of aromatic amines is 1. The summed E-state index contributed by atoms with van der Waals surface area (Å²) in [5.41, 5.74) is 1.07. The molecule has 1 fully saturated rings. The normalized spacial score (nSPS) is 15.6. The number of nitrogens with zero attached hydrogens (tertiary/aromatic N) is 4. The van der Waals surface area contributed by atoms with Crippen molar-refractivity contribution in [1.29, 1.82) is 5.26 Å². The van der Waals surface area contributed by atoms with Crippen molar-refractivity contribution >= 4 is 42.9 Å². The Morgan fingerprint density at radius 2 is 1.94 bits per heavy atom. The second-order valence-electron chi connectivity index (χ2n) is 7.64. The number of thiophene rings is 2. The zero-order chi connectivity index (χ0) is 23.0. The minimum Gasteiger partial charge on any atom is -0.309 e. The van der Waals surface area contributed by atoms with Crippen molar-refractivity contribution < 1.29 is 8.42 Å². The number of hydrogen-bond donors (Lipinski definition) is 1. The molecule has 8 nitrogen and oxygen atoms in total. The van der Waals surface area contributed by atoms with E-state index in [0.717, 1.165) is 10.4 Å². The smallest absolute Gasteiger partial charge is 0.260 e. The fourth-order valence-corrected chi connectivity index (χ4v) is 7.15. The average molecular weight is 498 g/mol. The number of rotatable bonds is 5. The number of nitrogens with one attached hydrogen (secondary N) is 1. The molecule has 3 aromatic heterocycles. The maximum atomic E-state index is 13.0. The van der Waals surface area contributed by atoms with Gasteiger partial charge in [0.1, 0.15) is 10.7 Å². The quantitative estimate of drug-likeness (QED) is 0.454. The van der Waals surface area contributed by atoms with Crippen molar-refractivity contribution in [2.45, 2.75) is 11.4 Å². The lowest BCUT2D eigenvalue weighted by molar-refractivity contribution is 0.178. The van der Waals surface area contributed by atoms with Crippen LogP contribution in [0, 0.1) is 11.3 Å². The van der Waals surface area contributed by atoms with Crippen molar-refractivity contribution in [2.24, 2.45) is 0 Å². The predicted molar refractivity (Wildman–Crippen MR) is 129 cm³/mol. The number of benzene rings is 1. The maximum Gasteiger partial charge on any atom is 0.260 e. The van der Waals surface area contributed by atoms with E-state index in [-0.39, 0.29) is 10.5 Å². The molecule has 4 aromatic rings. The Bertz CT molecular complexity index is 1510. The molecule has 1 N–H and O–H groups in total. The fourth-order valence-electron chi connectivity index (χ4n) is 3.90. The third-order valence-corrected chi connectivity index (χ3v) is 9.26. The first-order chi connectivity index (χ1) is 16.0. The van der Waals surface area contributed by atoms with Crippen molar-refractivity contribution in [3.63, 3.8) is 0 Å². The van der Waals surface area contributed by atoms with Gasteiger partial charge in [-0.15, -0.1) is 22.7 Å². The van der Waals surface area contributed by atoms with Crippen LogP contribution in [0.2, 0.25) is 0 Å². The molecular formula is C22H19N5O3S3. The molecule has 5 rings (SSSR count). The van der Waals surface area contributed by atoms with Crippen LogP contribution in [0.3, 0.4) is 0 Å². The summed E-state index contributed by atoms with van der Waals surface area (Å²) in [5.74, 6) is 0.574. The Hall–Kier alpha value is -2.88. The first-order valence-corrected chi connectivity index (χ1v) is 13.4. The van der Waals surface area contributed by atoms with Gasteiger partial charge in [-0.2, -0.15) is 9.57 Å². The highest BCUT2D eigenvalue weighted by atomic mass is 32.2. The molecule has 0 spiro atoms. The van der Waals surface area contributed by atoms with Crippen LogP contribution in [0.5, 0.6) is 0 Å². The van der Waals surface area contributed by atoms with Crippen LogP contribution in [0.1, 0.15) is 11.4 Å². The summed E-state index contributed by atoms with van der Waals surface area (Å²) in [7, 11) is -3.66. The molecule has 11 heteroatoms. The van der Waals surface area contributed by atoms with Gasteiger partial charge in [-0.25, -0.2) is 13.4 Å². The lowest BCUT2D eigenvalue weighted by atomic mass is 10.2. The zero-order valence-electron chi connectivity index (χ0n) is 17.4. The van der Waals surface area contributed by atoms with Crippen LogP contribution in [-0.4, -0.2) is 53.8 Å². The van der Waals surface area contributed by atoms with E-state index in [1.807, 2.05) is 29.0 Å². The molecule has 1 aromatic carbocycles. The van der Waals surface area contributed by atoms with E-state index in [4.69, 9.17) is 5.26 Å². The third-order valence-electron chi connectivity index (χ3n) is 5.59. The van der Waals surface area contributed by atoms with E-state index < -0.39 is 10.0 Å². The van der Waals surface area contributed by atoms with Gasteiger partial charge in [-0.1, -0.05) is 12.1 Å². The third kappa shape index (κ3) is 4.23. The predicted octanol–water partition coefficient (Wildman–Crippen LogP) is 3.09. The molecule has 0 radical (unpaired) electrons. The summed E-state index contributed by atoms with van der Waals surface area (Å²) >= 11 is 3.04. The van der Waals surface area contributed by atoms with Crippen LogP contribution in [0.15, 0.2) is 56.8 Å². The van der Waals surface area contributed by atoms with E-state index >= 15 is 0 Å². The standard InChI is InChI=1S/C22H19N5O3S3/c23-12-15-3-1-4-16(11-15)33(29,30)27-8-6-26(7-9-27)13-19-24-21(28)20-17(14-32-22(20)25-19)18-5-2-10-31-18/h1-5,10-11,14H,6-9,13H2,(H,24,25,28). The number of sulfonamides is 1. The lowest BCUT2D eigenvalue weighted by Gasteiger charge is -2.33. The van der Waals surface area contributed by atoms with Crippen LogP contribution in [0.25, 0.3) is 20.7 Å². The van der Waals surface area contributed by atoms with Crippen LogP contribution in [-0.2, 0) is 16.6 Å². The fraction of sp³-hybridized carbons (Fsp3) is 0.227. The first-order valence-electron chi connectivity index (χ1n) is 10.2. The van der Waals surface area contributed by atoms with E-state index in [2.05, 4.69) is 14.9 Å². The second kappa shape index (κ2) is 8.81. The summed E-state index contributed by atoms with van der Waals surface area (Å²) in [6.45, 7) is 2.13. The Morgan fingerprint density at radius 3 is 2.67 bits per heavy atom. The molecule has 4 heterocycles. The lowest BCUT2D eigenvalue weighted by Crippen LogP contribution is -2.48.